The highest BCUT2D eigenvalue weighted by Crippen LogP contribution is 2.27. The van der Waals surface area contributed by atoms with Crippen molar-refractivity contribution >= 4 is 5.82 Å². The Bertz CT molecular complexity index is 391. The van der Waals surface area contributed by atoms with Crippen LogP contribution < -0.4 is 15.4 Å². The fraction of sp³-hybridized carbons (Fsp3) is 0.714. The van der Waals surface area contributed by atoms with Gasteiger partial charge in [-0.25, -0.2) is 9.97 Å². The van der Waals surface area contributed by atoms with Crippen LogP contribution in [0.4, 0.5) is 5.82 Å². The summed E-state index contributed by atoms with van der Waals surface area (Å²) in [4.78, 5) is 10.9. The number of nitrogens with zero attached hydrogens (tertiary/aromatic N) is 3. The van der Waals surface area contributed by atoms with Crippen LogP contribution in [0.3, 0.4) is 0 Å². The van der Waals surface area contributed by atoms with Crippen LogP contribution in [0, 0.1) is 0 Å². The van der Waals surface area contributed by atoms with Gasteiger partial charge in [0.1, 0.15) is 12.1 Å². The topological polar surface area (TPSA) is 64.3 Å². The lowest BCUT2D eigenvalue weighted by atomic mass is 9.90. The quantitative estimate of drug-likeness (QED) is 0.881. The maximum atomic E-state index is 5.99. The Labute approximate surface area is 115 Å². The number of hydrogen-bond acceptors (Lipinski definition) is 5. The van der Waals surface area contributed by atoms with E-state index in [2.05, 4.69) is 21.8 Å². The van der Waals surface area contributed by atoms with Crippen LogP contribution in [0.2, 0.25) is 0 Å². The van der Waals surface area contributed by atoms with Crippen molar-refractivity contribution < 1.29 is 4.74 Å². The van der Waals surface area contributed by atoms with Crippen LogP contribution in [0.25, 0.3) is 0 Å². The Kier molecular flexibility index (Phi) is 4.96. The van der Waals surface area contributed by atoms with Crippen LogP contribution in [0.5, 0.6) is 5.88 Å². The van der Waals surface area contributed by atoms with Crippen LogP contribution in [0.15, 0.2) is 12.4 Å². The second-order valence-electron chi connectivity index (χ2n) is 5.18. The van der Waals surface area contributed by atoms with Gasteiger partial charge in [-0.3, -0.25) is 0 Å². The van der Waals surface area contributed by atoms with E-state index in [1.54, 1.807) is 13.4 Å². The van der Waals surface area contributed by atoms with Gasteiger partial charge in [-0.05, 0) is 32.1 Å². The first-order valence-electron chi connectivity index (χ1n) is 7.12. The zero-order chi connectivity index (χ0) is 13.7. The number of hydrogen-bond donors (Lipinski definition) is 1. The summed E-state index contributed by atoms with van der Waals surface area (Å²) in [7, 11) is 1.63. The zero-order valence-corrected chi connectivity index (χ0v) is 11.9. The minimum Gasteiger partial charge on any atom is -0.481 e. The molecule has 0 aliphatic heterocycles. The maximum Gasteiger partial charge on any atom is 0.218 e. The average Bonchev–Trinajstić information content (AvgIpc) is 2.46. The lowest BCUT2D eigenvalue weighted by Crippen LogP contribution is -2.41. The highest BCUT2D eigenvalue weighted by atomic mass is 16.5. The van der Waals surface area contributed by atoms with Crippen molar-refractivity contribution in [2.75, 3.05) is 18.6 Å². The molecule has 1 aliphatic carbocycles. The molecule has 5 heteroatoms. The summed E-state index contributed by atoms with van der Waals surface area (Å²) >= 11 is 0. The third-order valence-corrected chi connectivity index (χ3v) is 3.78. The molecule has 0 atom stereocenters. The summed E-state index contributed by atoms with van der Waals surface area (Å²) in [5.41, 5.74) is 5.99. The largest absolute Gasteiger partial charge is 0.481 e. The number of ether oxygens (including phenoxy) is 1. The molecule has 2 rings (SSSR count). The molecule has 106 valence electrons. The van der Waals surface area contributed by atoms with Gasteiger partial charge in [0.25, 0.3) is 0 Å². The Morgan fingerprint density at radius 2 is 2.05 bits per heavy atom. The van der Waals surface area contributed by atoms with E-state index < -0.39 is 0 Å². The van der Waals surface area contributed by atoms with Crippen molar-refractivity contribution in [2.24, 2.45) is 5.73 Å². The van der Waals surface area contributed by atoms with Gasteiger partial charge in [0.2, 0.25) is 5.88 Å². The molecule has 0 bridgehead atoms. The standard InChI is InChI=1S/C14H24N4O/c1-3-8-18(12-6-4-11(15)5-7-12)13-9-14(19-2)17-10-16-13/h9-12H,3-8,15H2,1-2H3. The lowest BCUT2D eigenvalue weighted by Gasteiger charge is -2.36. The minimum absolute atomic E-state index is 0.375. The number of rotatable bonds is 5. The molecule has 0 aromatic carbocycles. The molecule has 1 aromatic heterocycles. The number of nitrogens with two attached hydrogens (primary N) is 1. The third-order valence-electron chi connectivity index (χ3n) is 3.78. The van der Waals surface area contributed by atoms with Crippen molar-refractivity contribution in [3.8, 4) is 5.88 Å². The monoisotopic (exact) mass is 264 g/mol. The van der Waals surface area contributed by atoms with Crippen LogP contribution in [-0.4, -0.2) is 35.7 Å². The molecule has 0 unspecified atom stereocenters. The Hall–Kier alpha value is -1.36. The molecule has 1 aromatic rings. The van der Waals surface area contributed by atoms with Gasteiger partial charge in [0.15, 0.2) is 0 Å². The van der Waals surface area contributed by atoms with Gasteiger partial charge < -0.3 is 15.4 Å². The van der Waals surface area contributed by atoms with Crippen molar-refractivity contribution in [1.82, 2.24) is 9.97 Å². The molecular formula is C14H24N4O. The smallest absolute Gasteiger partial charge is 0.218 e. The van der Waals surface area contributed by atoms with Crippen molar-refractivity contribution in [3.05, 3.63) is 12.4 Å². The first-order valence-corrected chi connectivity index (χ1v) is 7.12. The fourth-order valence-corrected chi connectivity index (χ4v) is 2.74. The first kappa shape index (κ1) is 14.1. The Morgan fingerprint density at radius 3 is 2.68 bits per heavy atom. The third kappa shape index (κ3) is 3.56. The number of aromatic nitrogens is 2. The average molecular weight is 264 g/mol. The van der Waals surface area contributed by atoms with E-state index >= 15 is 0 Å². The number of methoxy groups -OCH3 is 1. The molecule has 1 aliphatic rings. The van der Waals surface area contributed by atoms with Crippen molar-refractivity contribution in [2.45, 2.75) is 51.1 Å². The summed E-state index contributed by atoms with van der Waals surface area (Å²) in [6.45, 7) is 3.21. The highest BCUT2D eigenvalue weighted by Gasteiger charge is 2.25. The molecule has 19 heavy (non-hydrogen) atoms. The molecule has 2 N–H and O–H groups in total. The second kappa shape index (κ2) is 6.70. The molecule has 5 nitrogen and oxygen atoms in total. The highest BCUT2D eigenvalue weighted by molar-refractivity contribution is 5.42. The Morgan fingerprint density at radius 1 is 1.32 bits per heavy atom. The van der Waals surface area contributed by atoms with E-state index in [0.717, 1.165) is 44.5 Å². The van der Waals surface area contributed by atoms with Crippen molar-refractivity contribution in [1.29, 1.82) is 0 Å². The summed E-state index contributed by atoms with van der Waals surface area (Å²) in [5.74, 6) is 1.59. The van der Waals surface area contributed by atoms with E-state index in [0.29, 0.717) is 18.0 Å². The molecule has 1 heterocycles. The molecule has 0 radical (unpaired) electrons. The first-order chi connectivity index (χ1) is 9.24. The predicted octanol–water partition coefficient (Wildman–Crippen LogP) is 1.97. The summed E-state index contributed by atoms with van der Waals surface area (Å²) < 4.78 is 5.19. The van der Waals surface area contributed by atoms with Gasteiger partial charge in [-0.2, -0.15) is 0 Å². The normalized spacial score (nSPS) is 23.1. The van der Waals surface area contributed by atoms with E-state index in [9.17, 15) is 0 Å². The minimum atomic E-state index is 0.375. The summed E-state index contributed by atoms with van der Waals surface area (Å²) in [5, 5.41) is 0. The zero-order valence-electron chi connectivity index (χ0n) is 11.9. The second-order valence-corrected chi connectivity index (χ2v) is 5.18. The molecule has 1 saturated carbocycles. The molecular weight excluding hydrogens is 240 g/mol. The molecule has 1 fully saturated rings. The molecule has 0 saturated heterocycles. The van der Waals surface area contributed by atoms with Crippen LogP contribution in [-0.2, 0) is 0 Å². The molecule has 0 spiro atoms. The molecule has 0 amide bonds. The van der Waals surface area contributed by atoms with Gasteiger partial charge in [0.05, 0.1) is 7.11 Å². The van der Waals surface area contributed by atoms with Crippen LogP contribution in [0.1, 0.15) is 39.0 Å². The predicted molar refractivity (Wildman–Crippen MR) is 76.5 cm³/mol. The van der Waals surface area contributed by atoms with Crippen molar-refractivity contribution in [3.63, 3.8) is 0 Å². The van der Waals surface area contributed by atoms with E-state index in [1.807, 2.05) is 6.07 Å². The van der Waals surface area contributed by atoms with Gasteiger partial charge in [0, 0.05) is 24.7 Å². The SMILES string of the molecule is CCCN(c1cc(OC)ncn1)C1CCC(N)CC1. The van der Waals surface area contributed by atoms with E-state index in [4.69, 9.17) is 10.5 Å². The summed E-state index contributed by atoms with van der Waals surface area (Å²) in [6, 6.07) is 2.84. The summed E-state index contributed by atoms with van der Waals surface area (Å²) in [6.07, 6.45) is 7.18. The van der Waals surface area contributed by atoms with Gasteiger partial charge in [-0.1, -0.05) is 6.92 Å². The lowest BCUT2D eigenvalue weighted by molar-refractivity contribution is 0.371. The van der Waals surface area contributed by atoms with Gasteiger partial charge in [-0.15, -0.1) is 0 Å². The van der Waals surface area contributed by atoms with E-state index in [-0.39, 0.29) is 0 Å². The van der Waals surface area contributed by atoms with Crippen LogP contribution >= 0.6 is 0 Å². The van der Waals surface area contributed by atoms with E-state index in [1.165, 1.54) is 0 Å². The number of anilines is 1. The Balaban J connectivity index is 2.14. The van der Waals surface area contributed by atoms with Gasteiger partial charge >= 0.3 is 0 Å². The fourth-order valence-electron chi connectivity index (χ4n) is 2.74. The maximum absolute atomic E-state index is 5.99.